The molecule has 0 radical (unpaired) electrons. The molecular formula is C72H118ClF3N12O12. The molecule has 7 rings (SSSR count). The Hall–Kier alpha value is -5.83. The van der Waals surface area contributed by atoms with Crippen LogP contribution in [0.1, 0.15) is 195 Å². The molecule has 28 heteroatoms. The summed E-state index contributed by atoms with van der Waals surface area (Å²) >= 11 is 6.43. The van der Waals surface area contributed by atoms with Crippen molar-refractivity contribution in [2.24, 2.45) is 29.6 Å². The third-order valence-corrected chi connectivity index (χ3v) is 23.9. The Bertz CT molecular complexity index is 2860. The number of methoxy groups -OCH3 is 1. The number of nitrogens with zero attached hydrogens (tertiary/aromatic N) is 9. The van der Waals surface area contributed by atoms with E-state index in [9.17, 15) is 41.9 Å². The van der Waals surface area contributed by atoms with E-state index in [0.29, 0.717) is 70.9 Å². The van der Waals surface area contributed by atoms with Gasteiger partial charge in [0.05, 0.1) is 24.4 Å². The molecule has 7 aliphatic rings. The summed E-state index contributed by atoms with van der Waals surface area (Å²) in [6, 6.07) is -9.82. The highest BCUT2D eigenvalue weighted by molar-refractivity contribution is 6.20. The van der Waals surface area contributed by atoms with Crippen molar-refractivity contribution in [3.05, 3.63) is 0 Å². The molecule has 3 N–H and O–H groups in total. The van der Waals surface area contributed by atoms with Crippen molar-refractivity contribution in [2.75, 3.05) is 95.3 Å². The Kier molecular flexibility index (Phi) is 29.8. The van der Waals surface area contributed by atoms with Crippen molar-refractivity contribution in [2.45, 2.75) is 267 Å². The fourth-order valence-corrected chi connectivity index (χ4v) is 17.0. The van der Waals surface area contributed by atoms with Crippen molar-refractivity contribution in [3.63, 3.8) is 0 Å². The average molecular weight is 1440 g/mol. The Balaban J connectivity index is 1.26. The number of rotatable bonds is 13. The maximum absolute atomic E-state index is 15.5. The van der Waals surface area contributed by atoms with Gasteiger partial charge in [-0.15, -0.1) is 11.6 Å². The van der Waals surface area contributed by atoms with Gasteiger partial charge < -0.3 is 64.8 Å². The number of likely N-dealkylation sites (N-methyl/N-ethyl adjacent to an activating group) is 6. The molecule has 0 bridgehead atoms. The minimum Gasteiger partial charge on any atom is -0.385 e. The highest BCUT2D eigenvalue weighted by atomic mass is 35.5. The van der Waals surface area contributed by atoms with Crippen LogP contribution in [0.5, 0.6) is 0 Å². The third kappa shape index (κ3) is 19.9. The highest BCUT2D eigenvalue weighted by Gasteiger charge is 2.51. The van der Waals surface area contributed by atoms with Crippen molar-refractivity contribution in [3.8, 4) is 0 Å². The van der Waals surface area contributed by atoms with Gasteiger partial charge in [0, 0.05) is 107 Å². The molecule has 566 valence electrons. The first-order valence-corrected chi connectivity index (χ1v) is 37.7. The van der Waals surface area contributed by atoms with E-state index in [1.807, 2.05) is 20.8 Å². The smallest absolute Gasteiger partial charge is 0.385 e. The lowest BCUT2D eigenvalue weighted by Crippen LogP contribution is -2.65. The van der Waals surface area contributed by atoms with Gasteiger partial charge in [-0.25, -0.2) is 0 Å². The largest absolute Gasteiger partial charge is 0.393 e. The Morgan fingerprint density at radius 1 is 0.640 bits per heavy atom. The summed E-state index contributed by atoms with van der Waals surface area (Å²) in [7, 11) is 10.3. The lowest BCUT2D eigenvalue weighted by Gasteiger charge is -2.45. The molecule has 4 aliphatic heterocycles. The van der Waals surface area contributed by atoms with Gasteiger partial charge in [0.1, 0.15) is 48.3 Å². The molecule has 1 spiro atoms. The van der Waals surface area contributed by atoms with Crippen LogP contribution in [0.15, 0.2) is 0 Å². The van der Waals surface area contributed by atoms with Crippen LogP contribution < -0.4 is 16.0 Å². The quantitative estimate of drug-likeness (QED) is 0.181. The Morgan fingerprint density at radius 2 is 1.30 bits per heavy atom. The number of likely N-dealkylation sites (tertiary alicyclic amines) is 1. The van der Waals surface area contributed by atoms with E-state index in [2.05, 4.69) is 16.0 Å². The van der Waals surface area contributed by atoms with E-state index in [1.165, 1.54) is 83.7 Å². The Labute approximate surface area is 596 Å². The molecule has 4 heterocycles. The summed E-state index contributed by atoms with van der Waals surface area (Å²) in [4.78, 5) is 178. The normalized spacial score (nSPS) is 31.0. The number of halogens is 4. The topological polar surface area (TPSA) is 262 Å². The van der Waals surface area contributed by atoms with E-state index in [-0.39, 0.29) is 102 Å². The minimum absolute atomic E-state index is 0.0130. The number of carbonyl (C=O) groups excluding carboxylic acids is 11. The summed E-state index contributed by atoms with van der Waals surface area (Å²) in [5.74, 6) is -8.61. The summed E-state index contributed by atoms with van der Waals surface area (Å²) in [5, 5.41) is 8.29. The van der Waals surface area contributed by atoms with Crippen LogP contribution in [0.2, 0.25) is 0 Å². The second-order valence-electron chi connectivity index (χ2n) is 30.7. The van der Waals surface area contributed by atoms with E-state index >= 15 is 24.0 Å². The lowest BCUT2D eigenvalue weighted by molar-refractivity contribution is -0.182. The third-order valence-electron chi connectivity index (χ3n) is 23.5. The summed E-state index contributed by atoms with van der Waals surface area (Å²) < 4.78 is 47.6. The second-order valence-corrected chi connectivity index (χ2v) is 31.2. The first kappa shape index (κ1) is 81.5. The summed E-state index contributed by atoms with van der Waals surface area (Å²) in [6.45, 7) is 9.85. The van der Waals surface area contributed by atoms with Crippen molar-refractivity contribution < 1.29 is 70.6 Å². The maximum atomic E-state index is 15.5. The Morgan fingerprint density at radius 3 is 1.90 bits per heavy atom. The standard InChI is InChI=1S/C72H118ClF3N12O12/c1-13-46(4)61-69(98)81(7)47(5)63(92)88-37-30-55(88)67(96)83(9)57(41-48-23-16-14-17-24-48)65(94)80(6)44-59(89)78-53(29-27-49-26-28-51(52(73)40-49)72(74,75)76)64(93)87-36-22-25-50(87)43-77-71(32-18-19-33-71)70(99)85(11)54(31-38-100-12)66(95)84(10)58(68(97)86-34-20-15-21-35-86)42-60(90)82(8)56(39-45(2)3)62(91)79-61/h45-58,61,77H,13-44H2,1-12H3,(H,78,89)(H,79,91)/t46-,47-,49?,50-,51?,52?,53-,54-,55-,56-,57-,58-,61-/m0/s1. The van der Waals surface area contributed by atoms with Gasteiger partial charge in [-0.2, -0.15) is 13.2 Å². The zero-order chi connectivity index (χ0) is 73.7. The van der Waals surface area contributed by atoms with Gasteiger partial charge in [0.2, 0.25) is 65.0 Å². The maximum Gasteiger partial charge on any atom is 0.393 e. The highest BCUT2D eigenvalue weighted by Crippen LogP contribution is 2.44. The number of nitrogens with one attached hydrogen (secondary N) is 3. The lowest BCUT2D eigenvalue weighted by atomic mass is 9.78. The summed E-state index contributed by atoms with van der Waals surface area (Å²) in [6.07, 6.45) is 6.48. The van der Waals surface area contributed by atoms with Gasteiger partial charge in [-0.1, -0.05) is 79.1 Å². The van der Waals surface area contributed by atoms with Crippen LogP contribution in [0.25, 0.3) is 0 Å². The number of alkyl halides is 4. The van der Waals surface area contributed by atoms with Crippen molar-refractivity contribution in [1.29, 1.82) is 0 Å². The molecule has 0 aromatic carbocycles. The van der Waals surface area contributed by atoms with E-state index < -0.39 is 161 Å². The van der Waals surface area contributed by atoms with Gasteiger partial charge in [0.25, 0.3) is 0 Å². The zero-order valence-corrected chi connectivity index (χ0v) is 62.5. The molecule has 4 saturated heterocycles. The molecule has 13 atom stereocenters. The molecule has 7 fully saturated rings. The number of hydrogen-bond donors (Lipinski definition) is 3. The van der Waals surface area contributed by atoms with Crippen molar-refractivity contribution >= 4 is 76.6 Å². The molecular weight excluding hydrogens is 1320 g/mol. The number of carbonyl (C=O) groups is 11. The van der Waals surface area contributed by atoms with Gasteiger partial charge in [0.15, 0.2) is 0 Å². The molecule has 0 aromatic rings. The number of piperidine rings is 1. The van der Waals surface area contributed by atoms with Gasteiger partial charge in [-0.05, 0) is 127 Å². The second kappa shape index (κ2) is 36.5. The van der Waals surface area contributed by atoms with Gasteiger partial charge in [-0.3, -0.25) is 52.7 Å². The molecule has 11 amide bonds. The number of amides is 11. The van der Waals surface area contributed by atoms with E-state index in [4.69, 9.17) is 16.3 Å². The predicted octanol–water partition coefficient (Wildman–Crippen LogP) is 5.95. The fraction of sp³-hybridized carbons (Fsp3) is 0.847. The fourth-order valence-electron chi connectivity index (χ4n) is 16.4. The molecule has 3 aliphatic carbocycles. The first-order valence-electron chi connectivity index (χ1n) is 37.3. The zero-order valence-electron chi connectivity index (χ0n) is 61.7. The molecule has 3 saturated carbocycles. The number of ether oxygens (including phenoxy) is 1. The number of hydrogen-bond acceptors (Lipinski definition) is 13. The van der Waals surface area contributed by atoms with Gasteiger partial charge >= 0.3 is 6.18 Å². The molecule has 100 heavy (non-hydrogen) atoms. The predicted molar refractivity (Wildman–Crippen MR) is 371 cm³/mol. The molecule has 3 unspecified atom stereocenters. The SMILES string of the molecule is CC[C@H](C)[C@@H]1NC(=O)[C@H](CC(C)C)N(C)C(=O)C[C@@H](C(=O)N2CCCCC2)N(C)C(=O)[C@H](CCOC)N(C)C(=O)C2(CCCC2)NC[C@@H]2CCCN2C(=O)[C@H](CCC2CCC(C(F)(F)F)C(Cl)C2)NC(=O)CN(C)C(=O)[C@H](CC2CCCCC2)N(C)C(=O)[C@@H]2CCN2C(=O)[C@H](C)N(C)C1=O. The van der Waals surface area contributed by atoms with Crippen LogP contribution in [0.4, 0.5) is 13.2 Å². The summed E-state index contributed by atoms with van der Waals surface area (Å²) in [5.41, 5.74) is -1.21. The number of fused-ring (bicyclic) bond motifs is 2. The molecule has 0 aromatic heterocycles. The van der Waals surface area contributed by atoms with Crippen LogP contribution in [-0.4, -0.2) is 276 Å². The van der Waals surface area contributed by atoms with Crippen LogP contribution in [0.3, 0.4) is 0 Å². The van der Waals surface area contributed by atoms with E-state index in [0.717, 1.165) is 38.5 Å². The molecule has 24 nitrogen and oxygen atoms in total. The first-order chi connectivity index (χ1) is 47.3. The van der Waals surface area contributed by atoms with Crippen LogP contribution >= 0.6 is 11.6 Å². The van der Waals surface area contributed by atoms with E-state index in [1.54, 1.807) is 23.6 Å². The monoisotopic (exact) mass is 1430 g/mol. The van der Waals surface area contributed by atoms with Crippen LogP contribution in [0, 0.1) is 29.6 Å². The minimum atomic E-state index is -4.48. The average Bonchev–Trinajstić information content (AvgIpc) is 0.933. The van der Waals surface area contributed by atoms with Crippen LogP contribution in [-0.2, 0) is 57.5 Å². The van der Waals surface area contributed by atoms with Crippen molar-refractivity contribution in [1.82, 2.24) is 60.0 Å².